The van der Waals surface area contributed by atoms with Crippen LogP contribution < -0.4 is 5.32 Å². The molecule has 84 valence electrons. The first-order chi connectivity index (χ1) is 7.33. The van der Waals surface area contributed by atoms with Gasteiger partial charge in [0, 0.05) is 26.6 Å². The van der Waals surface area contributed by atoms with Crippen LogP contribution in [0, 0.1) is 0 Å². The van der Waals surface area contributed by atoms with Gasteiger partial charge in [0.2, 0.25) is 0 Å². The standard InChI is InChI=1S/C11H18N2O2/c1-4-13-10(11(14-2)15-3)9-6-5-7-12-8-9/h5-8,10-11,13H,4H2,1-3H3. The molecule has 0 radical (unpaired) electrons. The topological polar surface area (TPSA) is 43.4 Å². The van der Waals surface area contributed by atoms with Crippen LogP contribution in [0.15, 0.2) is 24.5 Å². The number of likely N-dealkylation sites (N-methyl/N-ethyl adjacent to an activating group) is 1. The lowest BCUT2D eigenvalue weighted by molar-refractivity contribution is -0.124. The maximum atomic E-state index is 5.26. The van der Waals surface area contributed by atoms with Gasteiger partial charge in [0.1, 0.15) is 0 Å². The first-order valence-corrected chi connectivity index (χ1v) is 5.02. The van der Waals surface area contributed by atoms with Crippen molar-refractivity contribution in [2.45, 2.75) is 19.3 Å². The highest BCUT2D eigenvalue weighted by Crippen LogP contribution is 2.18. The highest BCUT2D eigenvalue weighted by molar-refractivity contribution is 5.14. The molecule has 0 aromatic carbocycles. The Balaban J connectivity index is 2.81. The minimum Gasteiger partial charge on any atom is -0.354 e. The zero-order chi connectivity index (χ0) is 11.1. The third-order valence-electron chi connectivity index (χ3n) is 2.20. The molecule has 15 heavy (non-hydrogen) atoms. The van der Waals surface area contributed by atoms with Crippen molar-refractivity contribution < 1.29 is 9.47 Å². The van der Waals surface area contributed by atoms with Crippen LogP contribution in [0.3, 0.4) is 0 Å². The van der Waals surface area contributed by atoms with E-state index in [9.17, 15) is 0 Å². The lowest BCUT2D eigenvalue weighted by Gasteiger charge is -2.25. The monoisotopic (exact) mass is 210 g/mol. The summed E-state index contributed by atoms with van der Waals surface area (Å²) in [5.41, 5.74) is 1.06. The van der Waals surface area contributed by atoms with E-state index in [0.29, 0.717) is 0 Å². The van der Waals surface area contributed by atoms with Crippen LogP contribution in [0.5, 0.6) is 0 Å². The Hall–Kier alpha value is -0.970. The second kappa shape index (κ2) is 6.50. The largest absolute Gasteiger partial charge is 0.354 e. The molecule has 0 aliphatic heterocycles. The van der Waals surface area contributed by atoms with E-state index in [4.69, 9.17) is 9.47 Å². The second-order valence-corrected chi connectivity index (χ2v) is 3.16. The maximum Gasteiger partial charge on any atom is 0.176 e. The maximum absolute atomic E-state index is 5.26. The molecule has 4 heteroatoms. The average Bonchev–Trinajstić information content (AvgIpc) is 2.30. The summed E-state index contributed by atoms with van der Waals surface area (Å²) < 4.78 is 10.5. The fourth-order valence-electron chi connectivity index (χ4n) is 1.52. The van der Waals surface area contributed by atoms with E-state index in [1.165, 1.54) is 0 Å². The summed E-state index contributed by atoms with van der Waals surface area (Å²) in [5, 5.41) is 3.31. The molecule has 1 unspecified atom stereocenters. The van der Waals surface area contributed by atoms with Crippen LogP contribution in [-0.2, 0) is 9.47 Å². The minimum absolute atomic E-state index is 0.0127. The third kappa shape index (κ3) is 3.27. The smallest absolute Gasteiger partial charge is 0.176 e. The van der Waals surface area contributed by atoms with Gasteiger partial charge in [0.05, 0.1) is 6.04 Å². The molecule has 0 amide bonds. The quantitative estimate of drug-likeness (QED) is 0.720. The molecule has 4 nitrogen and oxygen atoms in total. The zero-order valence-corrected chi connectivity index (χ0v) is 9.43. The van der Waals surface area contributed by atoms with E-state index in [-0.39, 0.29) is 12.3 Å². The van der Waals surface area contributed by atoms with Crippen molar-refractivity contribution in [1.82, 2.24) is 10.3 Å². The highest BCUT2D eigenvalue weighted by atomic mass is 16.7. The normalized spacial score (nSPS) is 13.1. The SMILES string of the molecule is CCNC(c1cccnc1)C(OC)OC. The van der Waals surface area contributed by atoms with Gasteiger partial charge in [-0.25, -0.2) is 0 Å². The Kier molecular flexibility index (Phi) is 5.25. The summed E-state index contributed by atoms with van der Waals surface area (Å²) in [6, 6.07) is 3.92. The Morgan fingerprint density at radius 3 is 2.60 bits per heavy atom. The lowest BCUT2D eigenvalue weighted by atomic mass is 10.1. The molecule has 0 aliphatic rings. The summed E-state index contributed by atoms with van der Waals surface area (Å²) in [4.78, 5) is 4.09. The molecule has 1 atom stereocenters. The van der Waals surface area contributed by atoms with Crippen LogP contribution in [0.1, 0.15) is 18.5 Å². The number of rotatable bonds is 6. The van der Waals surface area contributed by atoms with Gasteiger partial charge in [-0.1, -0.05) is 13.0 Å². The van der Waals surface area contributed by atoms with Gasteiger partial charge < -0.3 is 14.8 Å². The van der Waals surface area contributed by atoms with Crippen molar-refractivity contribution in [2.24, 2.45) is 0 Å². The molecule has 1 heterocycles. The van der Waals surface area contributed by atoms with Crippen molar-refractivity contribution in [3.63, 3.8) is 0 Å². The van der Waals surface area contributed by atoms with Crippen LogP contribution >= 0.6 is 0 Å². The molecule has 0 spiro atoms. The van der Waals surface area contributed by atoms with Crippen LogP contribution in [0.4, 0.5) is 0 Å². The van der Waals surface area contributed by atoms with Crippen molar-refractivity contribution in [3.05, 3.63) is 30.1 Å². The van der Waals surface area contributed by atoms with E-state index in [0.717, 1.165) is 12.1 Å². The molecule has 0 fully saturated rings. The van der Waals surface area contributed by atoms with Gasteiger partial charge >= 0.3 is 0 Å². The van der Waals surface area contributed by atoms with Gasteiger partial charge in [-0.05, 0) is 18.2 Å². The predicted molar refractivity (Wildman–Crippen MR) is 58.5 cm³/mol. The third-order valence-corrected chi connectivity index (χ3v) is 2.20. The Morgan fingerprint density at radius 2 is 2.13 bits per heavy atom. The van der Waals surface area contributed by atoms with E-state index in [1.54, 1.807) is 20.4 Å². The van der Waals surface area contributed by atoms with Crippen molar-refractivity contribution >= 4 is 0 Å². The van der Waals surface area contributed by atoms with Crippen LogP contribution in [0.25, 0.3) is 0 Å². The number of hydrogen-bond donors (Lipinski definition) is 1. The number of ether oxygens (including phenoxy) is 2. The number of methoxy groups -OCH3 is 2. The number of hydrogen-bond acceptors (Lipinski definition) is 4. The van der Waals surface area contributed by atoms with Crippen molar-refractivity contribution in [2.75, 3.05) is 20.8 Å². The first kappa shape index (κ1) is 12.1. The summed E-state index contributed by atoms with van der Waals surface area (Å²) >= 11 is 0. The molecule has 1 aromatic rings. The number of aromatic nitrogens is 1. The van der Waals surface area contributed by atoms with E-state index in [2.05, 4.69) is 10.3 Å². The second-order valence-electron chi connectivity index (χ2n) is 3.16. The van der Waals surface area contributed by atoms with Gasteiger partial charge in [0.25, 0.3) is 0 Å². The van der Waals surface area contributed by atoms with E-state index in [1.807, 2.05) is 25.3 Å². The van der Waals surface area contributed by atoms with Gasteiger partial charge in [0.15, 0.2) is 6.29 Å². The molecule has 1 aromatic heterocycles. The number of pyridine rings is 1. The average molecular weight is 210 g/mol. The Bertz CT molecular complexity index is 263. The van der Waals surface area contributed by atoms with Crippen molar-refractivity contribution in [3.8, 4) is 0 Å². The minimum atomic E-state index is -0.297. The van der Waals surface area contributed by atoms with Crippen LogP contribution in [0.2, 0.25) is 0 Å². The molecule has 1 rings (SSSR count). The molecular weight excluding hydrogens is 192 g/mol. The molecule has 0 saturated carbocycles. The van der Waals surface area contributed by atoms with Gasteiger partial charge in [-0.15, -0.1) is 0 Å². The number of nitrogens with one attached hydrogen (secondary N) is 1. The molecule has 0 bridgehead atoms. The van der Waals surface area contributed by atoms with E-state index < -0.39 is 0 Å². The van der Waals surface area contributed by atoms with Crippen LogP contribution in [-0.4, -0.2) is 32.0 Å². The molecule has 1 N–H and O–H groups in total. The van der Waals surface area contributed by atoms with Gasteiger partial charge in [-0.3, -0.25) is 4.98 Å². The fraction of sp³-hybridized carbons (Fsp3) is 0.545. The van der Waals surface area contributed by atoms with Gasteiger partial charge in [-0.2, -0.15) is 0 Å². The molecular formula is C11H18N2O2. The predicted octanol–water partition coefficient (Wildman–Crippen LogP) is 1.35. The fourth-order valence-corrected chi connectivity index (χ4v) is 1.52. The summed E-state index contributed by atoms with van der Waals surface area (Å²) in [5.74, 6) is 0. The van der Waals surface area contributed by atoms with E-state index >= 15 is 0 Å². The lowest BCUT2D eigenvalue weighted by Crippen LogP contribution is -2.34. The highest BCUT2D eigenvalue weighted by Gasteiger charge is 2.21. The summed E-state index contributed by atoms with van der Waals surface area (Å²) in [7, 11) is 3.27. The summed E-state index contributed by atoms with van der Waals surface area (Å²) in [6.07, 6.45) is 3.27. The summed E-state index contributed by atoms with van der Waals surface area (Å²) in [6.45, 7) is 2.90. The molecule has 0 saturated heterocycles. The van der Waals surface area contributed by atoms with Crippen molar-refractivity contribution in [1.29, 1.82) is 0 Å². The molecule has 0 aliphatic carbocycles. The zero-order valence-electron chi connectivity index (χ0n) is 9.43. The Labute approximate surface area is 90.6 Å². The first-order valence-electron chi connectivity index (χ1n) is 5.02. The Morgan fingerprint density at radius 1 is 1.40 bits per heavy atom. The number of nitrogens with zero attached hydrogens (tertiary/aromatic N) is 1.